The molecule has 0 aromatic heterocycles. The molecule has 0 aliphatic carbocycles. The van der Waals surface area contributed by atoms with E-state index in [1.54, 1.807) is 77.7 Å². The number of benzene rings is 4. The molecular weight excluding hydrogens is 694 g/mol. The van der Waals surface area contributed by atoms with Gasteiger partial charge in [-0.15, -0.1) is 0 Å². The third kappa shape index (κ3) is 18.3. The Morgan fingerprint density at radius 2 is 0.882 bits per heavy atom. The summed E-state index contributed by atoms with van der Waals surface area (Å²) in [6, 6.07) is 22.6. The van der Waals surface area contributed by atoms with Crippen molar-refractivity contribution in [2.24, 2.45) is 9.98 Å². The van der Waals surface area contributed by atoms with Gasteiger partial charge in [0, 0.05) is 26.6 Å². The molecule has 0 bridgehead atoms. The molecule has 0 amide bonds. The maximum atomic E-state index is 11.8. The van der Waals surface area contributed by atoms with Gasteiger partial charge in [0.15, 0.2) is 0 Å². The van der Waals surface area contributed by atoms with E-state index in [2.05, 4.69) is 30.8 Å². The van der Waals surface area contributed by atoms with Crippen LogP contribution in [0.1, 0.15) is 51.2 Å². The third-order valence-corrected chi connectivity index (χ3v) is 6.69. The molecule has 0 aliphatic heterocycles. The van der Waals surface area contributed by atoms with E-state index >= 15 is 0 Å². The molecule has 0 atom stereocenters. The quantitative estimate of drug-likeness (QED) is 0.146. The molecule has 0 aliphatic rings. The van der Waals surface area contributed by atoms with E-state index in [1.165, 1.54) is 77.7 Å². The molecule has 3 N–H and O–H groups in total. The number of nitrogens with one attached hydrogen (secondary N) is 1. The van der Waals surface area contributed by atoms with Gasteiger partial charge >= 0.3 is 17.1 Å². The number of hydrogen-bond donors (Lipinski definition) is 3. The minimum atomic E-state index is -0.243. The molecule has 0 unspecified atom stereocenters. The predicted octanol–water partition coefficient (Wildman–Crippen LogP) is 3.50. The van der Waals surface area contributed by atoms with E-state index in [9.17, 15) is 20.4 Å². The van der Waals surface area contributed by atoms with Gasteiger partial charge in [-0.05, 0) is 54.7 Å². The number of aliphatic imine (C=N–C) groups is 2. The first-order valence-electron chi connectivity index (χ1n) is 16.3. The molecule has 0 heterocycles. The predicted molar refractivity (Wildman–Crippen MR) is 194 cm³/mol. The second kappa shape index (κ2) is 30.3. The van der Waals surface area contributed by atoms with Crippen molar-refractivity contribution in [1.82, 2.24) is 0 Å². The molecule has 279 valence electrons. The first kappa shape index (κ1) is 48.5. The third-order valence-electron chi connectivity index (χ3n) is 6.69. The number of quaternary nitrogens is 1. The fraction of sp³-hybridized carbons (Fsp3) is 0.333. The zero-order valence-corrected chi connectivity index (χ0v) is 31.7. The van der Waals surface area contributed by atoms with Crippen LogP contribution in [0.2, 0.25) is 0 Å². The summed E-state index contributed by atoms with van der Waals surface area (Å²) in [4.78, 5) is 9.82. The van der Waals surface area contributed by atoms with Crippen LogP contribution in [0.5, 0.6) is 34.5 Å². The van der Waals surface area contributed by atoms with Crippen LogP contribution in [0.3, 0.4) is 0 Å². The molecule has 0 saturated carbocycles. The van der Waals surface area contributed by atoms with Gasteiger partial charge in [0.05, 0.1) is 45.2 Å². The Balaban J connectivity index is 0. The van der Waals surface area contributed by atoms with Crippen molar-refractivity contribution in [2.45, 2.75) is 40.0 Å². The Morgan fingerprint density at radius 3 is 1.18 bits per heavy atom. The van der Waals surface area contributed by atoms with E-state index in [4.69, 9.17) is 19.7 Å². The maximum absolute atomic E-state index is 11.8. The molecule has 12 heteroatoms. The van der Waals surface area contributed by atoms with E-state index in [-0.39, 0.29) is 51.6 Å². The van der Waals surface area contributed by atoms with Crippen LogP contribution in [0.4, 0.5) is 11.4 Å². The van der Waals surface area contributed by atoms with Crippen LogP contribution in [0, 0.1) is 0 Å². The fourth-order valence-electron chi connectivity index (χ4n) is 4.43. The molecule has 11 nitrogen and oxygen atoms in total. The molecular formula is C39H52FeN3O8. The summed E-state index contributed by atoms with van der Waals surface area (Å²) in [7, 11) is 4.87. The van der Waals surface area contributed by atoms with Crippen molar-refractivity contribution in [3.63, 3.8) is 0 Å². The van der Waals surface area contributed by atoms with Gasteiger partial charge in [-0.1, -0.05) is 104 Å². The summed E-state index contributed by atoms with van der Waals surface area (Å²) in [6.45, 7) is 10.9. The normalized spacial score (nSPS) is 9.92. The summed E-state index contributed by atoms with van der Waals surface area (Å²) in [5.41, 5.74) is 1.38. The number of methoxy groups -OCH3 is 2. The molecule has 4 rings (SSSR count). The van der Waals surface area contributed by atoms with Gasteiger partial charge in [-0.2, -0.15) is 0 Å². The molecule has 4 aromatic rings. The van der Waals surface area contributed by atoms with Gasteiger partial charge in [0.2, 0.25) is 0 Å². The van der Waals surface area contributed by atoms with Crippen LogP contribution < -0.4 is 34.8 Å². The average molecular weight is 747 g/mol. The number of rotatable bonds is 12. The SMILES string of the molecule is CCC[NH+](CCC)CCC.CO.CO.COc1cccc(C=Nc2ccccc2[O-])c1[O-].COc1cccc(C=Nc2ccccc2[O-])c1[O-].[Fe+3]. The summed E-state index contributed by atoms with van der Waals surface area (Å²) >= 11 is 0. The molecule has 0 spiro atoms. The first-order chi connectivity index (χ1) is 24.3. The molecule has 0 fully saturated rings. The minimum Gasteiger partial charge on any atom is -0.871 e. The zero-order valence-electron chi connectivity index (χ0n) is 30.6. The van der Waals surface area contributed by atoms with E-state index in [0.29, 0.717) is 22.5 Å². The smallest absolute Gasteiger partial charge is 0.871 e. The number of ether oxygens (including phenoxy) is 2. The summed E-state index contributed by atoms with van der Waals surface area (Å²) in [5, 5.41) is 60.5. The monoisotopic (exact) mass is 746 g/mol. The standard InChI is InChI=1S/2C14H13NO3.C9H21N.2CH4O.Fe/c2*1-18-13-8-4-5-10(14(13)17)9-15-11-6-2-3-7-12(11)16;1-4-7-10(8-5-2)9-6-3;2*1-2;/h2*2-9,16-17H,1H3;4-9H2,1-3H3;2*2H,1H3;/q;;;;;+3/p-3. The zero-order chi connectivity index (χ0) is 37.7. The van der Waals surface area contributed by atoms with Gasteiger partial charge in [-0.25, -0.2) is 0 Å². The Morgan fingerprint density at radius 1 is 0.549 bits per heavy atom. The topological polar surface area (TPSA) is 180 Å². The Labute approximate surface area is 313 Å². The fourth-order valence-corrected chi connectivity index (χ4v) is 4.43. The summed E-state index contributed by atoms with van der Waals surface area (Å²) in [5.74, 6) is -0.323. The van der Waals surface area contributed by atoms with Crippen LogP contribution >= 0.6 is 0 Å². The minimum absolute atomic E-state index is 0. The number of aliphatic hydroxyl groups excluding tert-OH is 2. The number of para-hydroxylation sites is 6. The molecule has 51 heavy (non-hydrogen) atoms. The molecule has 0 saturated heterocycles. The van der Waals surface area contributed by atoms with Crippen molar-refractivity contribution in [3.8, 4) is 34.5 Å². The van der Waals surface area contributed by atoms with Crippen molar-refractivity contribution >= 4 is 23.8 Å². The van der Waals surface area contributed by atoms with E-state index in [0.717, 1.165) is 14.2 Å². The number of hydrogen-bond acceptors (Lipinski definition) is 10. The Hall–Kier alpha value is -4.58. The van der Waals surface area contributed by atoms with Gasteiger partial charge in [0.25, 0.3) is 0 Å². The number of aliphatic hydroxyl groups is 2. The van der Waals surface area contributed by atoms with Gasteiger partial charge in [-0.3, -0.25) is 9.98 Å². The van der Waals surface area contributed by atoms with Crippen LogP contribution in [-0.2, 0) is 17.1 Å². The maximum Gasteiger partial charge on any atom is 3.00 e. The molecule has 4 aromatic carbocycles. The first-order valence-corrected chi connectivity index (χ1v) is 16.3. The number of nitrogens with zero attached hydrogens (tertiary/aromatic N) is 2. The van der Waals surface area contributed by atoms with Gasteiger partial charge in [0.1, 0.15) is 11.5 Å². The molecule has 1 radical (unpaired) electrons. The van der Waals surface area contributed by atoms with E-state index < -0.39 is 0 Å². The Bertz CT molecular complexity index is 1420. The summed E-state index contributed by atoms with van der Waals surface area (Å²) in [6.07, 6.45) is 6.74. The van der Waals surface area contributed by atoms with Crippen molar-refractivity contribution in [3.05, 3.63) is 96.1 Å². The van der Waals surface area contributed by atoms with E-state index in [1.807, 2.05) is 0 Å². The Kier molecular flexibility index (Phi) is 28.8. The van der Waals surface area contributed by atoms with Crippen molar-refractivity contribution in [2.75, 3.05) is 48.1 Å². The van der Waals surface area contributed by atoms with Crippen LogP contribution in [0.25, 0.3) is 0 Å². The average Bonchev–Trinajstić information content (AvgIpc) is 3.14. The largest absolute Gasteiger partial charge is 3.00 e. The van der Waals surface area contributed by atoms with Gasteiger partial charge < -0.3 is 45.0 Å². The second-order valence-corrected chi connectivity index (χ2v) is 10.2. The summed E-state index contributed by atoms with van der Waals surface area (Å²) < 4.78 is 9.85. The van der Waals surface area contributed by atoms with Crippen molar-refractivity contribution in [1.29, 1.82) is 0 Å². The van der Waals surface area contributed by atoms with Crippen molar-refractivity contribution < 1.29 is 62.1 Å². The van der Waals surface area contributed by atoms with Crippen LogP contribution in [-0.4, -0.2) is 70.7 Å². The second-order valence-electron chi connectivity index (χ2n) is 10.2. The van der Waals surface area contributed by atoms with Crippen LogP contribution in [0.15, 0.2) is 94.9 Å².